The number of aromatic nitrogens is 2. The third-order valence-corrected chi connectivity index (χ3v) is 12.2. The lowest BCUT2D eigenvalue weighted by molar-refractivity contribution is -0.134. The number of carbonyl (C=O) groups excluding carboxylic acids is 2. The molecule has 2 saturated heterocycles. The molecule has 2 fully saturated rings. The van der Waals surface area contributed by atoms with Crippen molar-refractivity contribution in [1.29, 1.82) is 0 Å². The number of carbonyl (C=O) groups is 4. The molecule has 2 aliphatic heterocycles. The molecule has 3 heterocycles. The number of carboxylic acid groups (broad SMARTS) is 2. The average molecular weight is 923 g/mol. The van der Waals surface area contributed by atoms with Crippen LogP contribution in [0.5, 0.6) is 28.7 Å². The third kappa shape index (κ3) is 12.1. The van der Waals surface area contributed by atoms with E-state index in [0.717, 1.165) is 54.6 Å². The van der Waals surface area contributed by atoms with Crippen molar-refractivity contribution in [2.75, 3.05) is 66.8 Å². The lowest BCUT2D eigenvalue weighted by Gasteiger charge is -2.36. The van der Waals surface area contributed by atoms with Gasteiger partial charge in [0.1, 0.15) is 5.82 Å². The van der Waals surface area contributed by atoms with E-state index in [9.17, 15) is 23.6 Å². The first-order valence-corrected chi connectivity index (χ1v) is 22.5. The van der Waals surface area contributed by atoms with Crippen LogP contribution in [0.25, 0.3) is 11.0 Å². The monoisotopic (exact) mass is 922 g/mol. The number of rotatable bonds is 19. The van der Waals surface area contributed by atoms with Crippen LogP contribution in [0.3, 0.4) is 0 Å². The lowest BCUT2D eigenvalue weighted by Crippen LogP contribution is -2.41. The van der Waals surface area contributed by atoms with E-state index < -0.39 is 11.9 Å². The van der Waals surface area contributed by atoms with Crippen LogP contribution >= 0.6 is 0 Å². The highest BCUT2D eigenvalue weighted by Crippen LogP contribution is 2.44. The number of halogens is 1. The molecule has 15 nitrogen and oxygen atoms in total. The molecule has 0 radical (unpaired) electrons. The maximum Gasteiger partial charge on any atom is 0.328 e. The highest BCUT2D eigenvalue weighted by Gasteiger charge is 2.43. The van der Waals surface area contributed by atoms with Gasteiger partial charge in [0.05, 0.1) is 45.1 Å². The van der Waals surface area contributed by atoms with Crippen molar-refractivity contribution in [2.24, 2.45) is 5.92 Å². The van der Waals surface area contributed by atoms with E-state index in [0.29, 0.717) is 105 Å². The zero-order valence-corrected chi connectivity index (χ0v) is 38.7. The van der Waals surface area contributed by atoms with E-state index in [2.05, 4.69) is 11.0 Å². The molecule has 356 valence electrons. The Kier molecular flexibility index (Phi) is 17.0. The minimum Gasteiger partial charge on any atom is -0.493 e. The lowest BCUT2D eigenvalue weighted by atomic mass is 9.76. The summed E-state index contributed by atoms with van der Waals surface area (Å²) >= 11 is 0. The Morgan fingerprint density at radius 2 is 1.40 bits per heavy atom. The second kappa shape index (κ2) is 23.0. The van der Waals surface area contributed by atoms with E-state index >= 15 is 0 Å². The number of methoxy groups -OCH3 is 2. The molecule has 4 aromatic carbocycles. The number of piperidine rings is 1. The third-order valence-electron chi connectivity index (χ3n) is 12.2. The number of fused-ring (bicyclic) bond motifs is 1. The molecule has 1 atom stereocenters. The van der Waals surface area contributed by atoms with E-state index in [1.165, 1.54) is 12.1 Å². The number of para-hydroxylation sites is 2. The number of carboxylic acids is 2. The van der Waals surface area contributed by atoms with Gasteiger partial charge in [0.15, 0.2) is 28.8 Å². The number of imidazole rings is 1. The molecule has 0 aliphatic carbocycles. The maximum absolute atomic E-state index is 14.4. The van der Waals surface area contributed by atoms with Crippen LogP contribution in [0.4, 0.5) is 4.39 Å². The Bertz CT molecular complexity index is 2510. The van der Waals surface area contributed by atoms with Gasteiger partial charge in [-0.1, -0.05) is 30.3 Å². The average Bonchev–Trinajstić information content (AvgIpc) is 3.94. The molecule has 16 heteroatoms. The molecule has 7 rings (SSSR count). The number of hydrogen-bond donors (Lipinski definition) is 2. The quantitative estimate of drug-likeness (QED) is 0.0603. The largest absolute Gasteiger partial charge is 0.493 e. The normalized spacial score (nSPS) is 16.4. The number of amides is 1. The second-order valence-corrected chi connectivity index (χ2v) is 16.3. The predicted octanol–water partition coefficient (Wildman–Crippen LogP) is 7.92. The molecule has 0 saturated carbocycles. The highest BCUT2D eigenvalue weighted by atomic mass is 19.1. The van der Waals surface area contributed by atoms with Gasteiger partial charge in [0.25, 0.3) is 5.91 Å². The van der Waals surface area contributed by atoms with Gasteiger partial charge in [-0.2, -0.15) is 0 Å². The fraction of sp³-hybridized carbons (Fsp3) is 0.392. The summed E-state index contributed by atoms with van der Waals surface area (Å²) in [5.74, 6) is 0.205. The van der Waals surface area contributed by atoms with Crippen molar-refractivity contribution in [2.45, 2.75) is 58.4 Å². The Morgan fingerprint density at radius 3 is 2.00 bits per heavy atom. The Hall–Kier alpha value is -6.94. The molecule has 1 aromatic heterocycles. The number of likely N-dealkylation sites (tertiary alicyclic amines) is 2. The first-order valence-electron chi connectivity index (χ1n) is 22.5. The summed E-state index contributed by atoms with van der Waals surface area (Å²) in [4.78, 5) is 56.8. The van der Waals surface area contributed by atoms with Gasteiger partial charge in [-0.15, -0.1) is 0 Å². The minimum atomic E-state index is -1.26. The van der Waals surface area contributed by atoms with Crippen molar-refractivity contribution >= 4 is 34.7 Å². The van der Waals surface area contributed by atoms with E-state index in [1.54, 1.807) is 38.5 Å². The van der Waals surface area contributed by atoms with Crippen LogP contribution in [0.1, 0.15) is 78.6 Å². The second-order valence-electron chi connectivity index (χ2n) is 16.3. The SMILES string of the molecule is CCOc1cc(C(=O)N2CCC(CCN3CCC(C(=O)c4nc5ccccc5n4Cc4ccc(F)cc4)CC3)(c3ccc(OC)c(OC)c3)C2)cc(OCC)c1OCC.O=C(O)/C=C/C(=O)O. The summed E-state index contributed by atoms with van der Waals surface area (Å²) in [6.07, 6.45) is 4.12. The summed E-state index contributed by atoms with van der Waals surface area (Å²) in [6.45, 7) is 10.8. The van der Waals surface area contributed by atoms with Gasteiger partial charge in [-0.3, -0.25) is 9.59 Å². The minimum absolute atomic E-state index is 0.0454. The van der Waals surface area contributed by atoms with Crippen LogP contribution < -0.4 is 23.7 Å². The summed E-state index contributed by atoms with van der Waals surface area (Å²) in [5.41, 5.74) is 3.78. The maximum atomic E-state index is 14.4. The number of ether oxygens (including phenoxy) is 5. The fourth-order valence-electron chi connectivity index (χ4n) is 8.80. The highest BCUT2D eigenvalue weighted by molar-refractivity contribution is 5.98. The van der Waals surface area contributed by atoms with Crippen LogP contribution in [-0.4, -0.2) is 120 Å². The zero-order valence-electron chi connectivity index (χ0n) is 38.7. The van der Waals surface area contributed by atoms with Crippen molar-refractivity contribution in [3.8, 4) is 28.7 Å². The molecule has 5 aromatic rings. The first-order chi connectivity index (χ1) is 32.3. The molecule has 0 bridgehead atoms. The number of nitrogens with zero attached hydrogens (tertiary/aromatic N) is 4. The summed E-state index contributed by atoms with van der Waals surface area (Å²) in [5, 5.41) is 15.6. The number of aliphatic carboxylic acids is 2. The Morgan fingerprint density at radius 1 is 0.776 bits per heavy atom. The van der Waals surface area contributed by atoms with Gasteiger partial charge in [-0.05, 0) is 126 Å². The van der Waals surface area contributed by atoms with Crippen LogP contribution in [0.15, 0.2) is 91.0 Å². The molecule has 1 amide bonds. The van der Waals surface area contributed by atoms with Crippen LogP contribution in [0, 0.1) is 11.7 Å². The summed E-state index contributed by atoms with van der Waals surface area (Å²) in [6, 6.07) is 23.8. The molecule has 67 heavy (non-hydrogen) atoms. The molecule has 2 aliphatic rings. The van der Waals surface area contributed by atoms with Crippen molar-refractivity contribution in [3.63, 3.8) is 0 Å². The standard InChI is InChI=1S/C47H55FN4O7.C4H4O4/c1-6-57-41-27-34(28-42(58-7-2)44(41)59-8-3)46(54)51-26-22-47(31-51,35-15-18-39(55-4)40(29-35)56-5)21-25-50-23-19-33(20-24-50)43(53)45-49-37-11-9-10-12-38(37)52(45)30-32-13-16-36(48)17-14-32;5-3(6)1-2-4(7)8/h9-18,27-29,33H,6-8,19-26,30-31H2,1-5H3;1-2H,(H,5,6)(H,7,8)/b;2-1+. The number of ketones is 1. The van der Waals surface area contributed by atoms with Crippen molar-refractivity contribution in [3.05, 3.63) is 119 Å². The molecule has 0 spiro atoms. The van der Waals surface area contributed by atoms with Gasteiger partial charge < -0.3 is 48.3 Å². The van der Waals surface area contributed by atoms with Crippen LogP contribution in [0.2, 0.25) is 0 Å². The number of benzene rings is 4. The van der Waals surface area contributed by atoms with E-state index in [4.69, 9.17) is 38.9 Å². The Labute approximate surface area is 389 Å². The van der Waals surface area contributed by atoms with Gasteiger partial charge in [-0.25, -0.2) is 19.0 Å². The van der Waals surface area contributed by atoms with Crippen LogP contribution in [-0.2, 0) is 21.5 Å². The van der Waals surface area contributed by atoms with E-state index in [-0.39, 0.29) is 28.8 Å². The van der Waals surface area contributed by atoms with E-state index in [1.807, 2.05) is 66.6 Å². The molecular formula is C51H59FN4O11. The smallest absolute Gasteiger partial charge is 0.328 e. The van der Waals surface area contributed by atoms with Crippen molar-refractivity contribution < 1.29 is 57.5 Å². The van der Waals surface area contributed by atoms with Gasteiger partial charge in [0.2, 0.25) is 11.5 Å². The topological polar surface area (TPSA) is 179 Å². The predicted molar refractivity (Wildman–Crippen MR) is 249 cm³/mol. The zero-order chi connectivity index (χ0) is 48.1. The molecule has 1 unspecified atom stereocenters. The molecular weight excluding hydrogens is 864 g/mol. The summed E-state index contributed by atoms with van der Waals surface area (Å²) in [7, 11) is 3.27. The number of Topliss-reactive ketones (excluding diaryl/α,β-unsaturated/α-hetero) is 1. The van der Waals surface area contributed by atoms with Gasteiger partial charge in [0, 0.05) is 48.7 Å². The Balaban J connectivity index is 0.000000848. The summed E-state index contributed by atoms with van der Waals surface area (Å²) < 4.78 is 44.8. The molecule has 2 N–H and O–H groups in total. The number of hydrogen-bond acceptors (Lipinski definition) is 11. The van der Waals surface area contributed by atoms with Gasteiger partial charge >= 0.3 is 11.9 Å². The van der Waals surface area contributed by atoms with Crippen molar-refractivity contribution in [1.82, 2.24) is 19.4 Å². The first kappa shape index (κ1) is 49.5. The fourth-order valence-corrected chi connectivity index (χ4v) is 8.80.